The second kappa shape index (κ2) is 6.16. The molecule has 6 nitrogen and oxygen atoms in total. The summed E-state index contributed by atoms with van der Waals surface area (Å²) in [5.74, 6) is -0.993. The molecular weight excluding hydrogens is 246 g/mol. The van der Waals surface area contributed by atoms with E-state index >= 15 is 0 Å². The summed E-state index contributed by atoms with van der Waals surface area (Å²) in [6, 6.07) is 2.02. The van der Waals surface area contributed by atoms with Gasteiger partial charge >= 0.3 is 5.97 Å². The van der Waals surface area contributed by atoms with Crippen molar-refractivity contribution in [2.75, 3.05) is 13.2 Å². The highest BCUT2D eigenvalue weighted by Gasteiger charge is 2.23. The molecule has 0 aliphatic carbocycles. The molecular formula is C13H21N3O3. The summed E-state index contributed by atoms with van der Waals surface area (Å²) < 4.78 is 1.63. The van der Waals surface area contributed by atoms with Gasteiger partial charge in [-0.05, 0) is 31.9 Å². The molecule has 19 heavy (non-hydrogen) atoms. The molecule has 106 valence electrons. The third kappa shape index (κ3) is 3.33. The van der Waals surface area contributed by atoms with E-state index in [1.807, 2.05) is 0 Å². The molecule has 0 saturated carbocycles. The minimum absolute atomic E-state index is 0.0909. The van der Waals surface area contributed by atoms with Gasteiger partial charge in [0.25, 0.3) is 0 Å². The highest BCUT2D eigenvalue weighted by molar-refractivity contribution is 5.85. The van der Waals surface area contributed by atoms with Crippen molar-refractivity contribution in [1.29, 1.82) is 0 Å². The van der Waals surface area contributed by atoms with Gasteiger partial charge in [-0.1, -0.05) is 6.42 Å². The summed E-state index contributed by atoms with van der Waals surface area (Å²) in [6.45, 7) is 1.90. The molecule has 0 amide bonds. The smallest absolute Gasteiger partial charge is 0.356 e. The van der Waals surface area contributed by atoms with Gasteiger partial charge in [0, 0.05) is 26.2 Å². The van der Waals surface area contributed by atoms with Crippen molar-refractivity contribution in [2.24, 2.45) is 7.05 Å². The predicted octanol–water partition coefficient (Wildman–Crippen LogP) is 0.855. The molecule has 2 N–H and O–H groups in total. The van der Waals surface area contributed by atoms with E-state index in [9.17, 15) is 4.79 Å². The monoisotopic (exact) mass is 267 g/mol. The number of aryl methyl sites for hydroxylation is 1. The second-order valence-corrected chi connectivity index (χ2v) is 5.08. The first-order valence-corrected chi connectivity index (χ1v) is 6.73. The third-order valence-corrected chi connectivity index (χ3v) is 3.77. The number of rotatable bonds is 5. The Morgan fingerprint density at radius 3 is 2.95 bits per heavy atom. The van der Waals surface area contributed by atoms with Crippen LogP contribution < -0.4 is 0 Å². The van der Waals surface area contributed by atoms with Crippen LogP contribution in [0.25, 0.3) is 0 Å². The van der Waals surface area contributed by atoms with E-state index in [1.165, 1.54) is 6.42 Å². The molecule has 1 aliphatic heterocycles. The van der Waals surface area contributed by atoms with Crippen molar-refractivity contribution in [3.63, 3.8) is 0 Å². The van der Waals surface area contributed by atoms with Gasteiger partial charge in [0.05, 0.1) is 5.69 Å². The fraction of sp³-hybridized carbons (Fsp3) is 0.692. The van der Waals surface area contributed by atoms with E-state index in [4.69, 9.17) is 10.2 Å². The minimum Gasteiger partial charge on any atom is -0.476 e. The van der Waals surface area contributed by atoms with Gasteiger partial charge in [-0.25, -0.2) is 4.79 Å². The zero-order chi connectivity index (χ0) is 13.8. The van der Waals surface area contributed by atoms with E-state index in [0.29, 0.717) is 12.6 Å². The average Bonchev–Trinajstić information content (AvgIpc) is 2.74. The van der Waals surface area contributed by atoms with Crippen molar-refractivity contribution < 1.29 is 15.0 Å². The summed E-state index contributed by atoms with van der Waals surface area (Å²) in [5.41, 5.74) is 0.996. The van der Waals surface area contributed by atoms with E-state index < -0.39 is 5.97 Å². The van der Waals surface area contributed by atoms with Crippen molar-refractivity contribution in [3.05, 3.63) is 17.5 Å². The minimum atomic E-state index is -0.993. The van der Waals surface area contributed by atoms with Gasteiger partial charge < -0.3 is 10.2 Å². The van der Waals surface area contributed by atoms with Crippen LogP contribution in [0.1, 0.15) is 41.9 Å². The Morgan fingerprint density at radius 2 is 2.32 bits per heavy atom. The Kier molecular flexibility index (Phi) is 4.55. The van der Waals surface area contributed by atoms with Crippen LogP contribution in [0.4, 0.5) is 0 Å². The number of hydrogen-bond acceptors (Lipinski definition) is 4. The van der Waals surface area contributed by atoms with Crippen molar-refractivity contribution in [3.8, 4) is 0 Å². The van der Waals surface area contributed by atoms with Gasteiger partial charge in [0.1, 0.15) is 0 Å². The number of carboxylic acid groups (broad SMARTS) is 1. The Bertz CT molecular complexity index is 442. The van der Waals surface area contributed by atoms with E-state index in [-0.39, 0.29) is 12.3 Å². The summed E-state index contributed by atoms with van der Waals surface area (Å²) in [7, 11) is 1.77. The summed E-state index contributed by atoms with van der Waals surface area (Å²) >= 11 is 0. The molecule has 0 bridgehead atoms. The molecule has 1 aromatic heterocycles. The Labute approximate surface area is 112 Å². The lowest BCUT2D eigenvalue weighted by Gasteiger charge is -2.35. The number of hydrogen-bond donors (Lipinski definition) is 2. The second-order valence-electron chi connectivity index (χ2n) is 5.08. The molecule has 2 rings (SSSR count). The number of likely N-dealkylation sites (tertiary alicyclic amines) is 1. The molecule has 0 radical (unpaired) electrons. The maximum atomic E-state index is 10.9. The first kappa shape index (κ1) is 14.0. The van der Waals surface area contributed by atoms with Crippen LogP contribution in [-0.2, 0) is 13.6 Å². The third-order valence-electron chi connectivity index (χ3n) is 3.77. The molecule has 0 unspecified atom stereocenters. The molecule has 1 aliphatic rings. The van der Waals surface area contributed by atoms with Crippen LogP contribution >= 0.6 is 0 Å². The van der Waals surface area contributed by atoms with Crippen LogP contribution in [0.2, 0.25) is 0 Å². The number of aliphatic hydroxyl groups is 1. The van der Waals surface area contributed by atoms with E-state index in [1.54, 1.807) is 17.8 Å². The number of aliphatic hydroxyl groups excluding tert-OH is 1. The number of nitrogens with zero attached hydrogens (tertiary/aromatic N) is 3. The van der Waals surface area contributed by atoms with E-state index in [0.717, 1.165) is 31.5 Å². The predicted molar refractivity (Wildman–Crippen MR) is 69.9 cm³/mol. The van der Waals surface area contributed by atoms with Crippen LogP contribution in [0.5, 0.6) is 0 Å². The number of aromatic nitrogens is 2. The summed E-state index contributed by atoms with van der Waals surface area (Å²) in [6.07, 6.45) is 4.24. The molecule has 0 spiro atoms. The van der Waals surface area contributed by atoms with E-state index in [2.05, 4.69) is 10.00 Å². The molecule has 0 aromatic carbocycles. The molecule has 1 atom stereocenters. The molecule has 6 heteroatoms. The Balaban J connectivity index is 2.08. The maximum absolute atomic E-state index is 10.9. The average molecular weight is 267 g/mol. The van der Waals surface area contributed by atoms with Gasteiger partial charge in [0.2, 0.25) is 0 Å². The van der Waals surface area contributed by atoms with Gasteiger partial charge in [-0.2, -0.15) is 5.10 Å². The van der Waals surface area contributed by atoms with Gasteiger partial charge in [-0.3, -0.25) is 9.58 Å². The van der Waals surface area contributed by atoms with Crippen molar-refractivity contribution in [1.82, 2.24) is 14.7 Å². The first-order valence-electron chi connectivity index (χ1n) is 6.73. The molecule has 1 saturated heterocycles. The maximum Gasteiger partial charge on any atom is 0.356 e. The zero-order valence-corrected chi connectivity index (χ0v) is 11.2. The molecule has 2 heterocycles. The zero-order valence-electron chi connectivity index (χ0n) is 11.2. The topological polar surface area (TPSA) is 78.6 Å². The number of carbonyl (C=O) groups is 1. The SMILES string of the molecule is Cn1nc(C(=O)O)cc1CN1CCCC[C@@H]1CCO. The Hall–Kier alpha value is -1.40. The standard InChI is InChI=1S/C13H21N3O3/c1-15-11(8-12(14-15)13(18)19)9-16-6-3-2-4-10(16)5-7-17/h8,10,17H,2-7,9H2,1H3,(H,18,19)/t10-/m1/s1. The largest absolute Gasteiger partial charge is 0.476 e. The lowest BCUT2D eigenvalue weighted by atomic mass is 9.99. The number of carboxylic acids is 1. The van der Waals surface area contributed by atoms with Crippen LogP contribution in [0, 0.1) is 0 Å². The summed E-state index contributed by atoms with van der Waals surface area (Å²) in [4.78, 5) is 13.2. The normalized spacial score (nSPS) is 20.6. The van der Waals surface area contributed by atoms with Crippen molar-refractivity contribution >= 4 is 5.97 Å². The lowest BCUT2D eigenvalue weighted by molar-refractivity contribution is 0.0689. The quantitative estimate of drug-likeness (QED) is 0.827. The Morgan fingerprint density at radius 1 is 1.53 bits per heavy atom. The first-order chi connectivity index (χ1) is 9.11. The fourth-order valence-electron chi connectivity index (χ4n) is 2.71. The van der Waals surface area contributed by atoms with Crippen molar-refractivity contribution in [2.45, 2.75) is 38.3 Å². The number of aromatic carboxylic acids is 1. The lowest BCUT2D eigenvalue weighted by Crippen LogP contribution is -2.39. The fourth-order valence-corrected chi connectivity index (χ4v) is 2.71. The van der Waals surface area contributed by atoms with Crippen LogP contribution in [0.3, 0.4) is 0 Å². The van der Waals surface area contributed by atoms with Gasteiger partial charge in [-0.15, -0.1) is 0 Å². The van der Waals surface area contributed by atoms with Crippen LogP contribution in [0.15, 0.2) is 6.07 Å². The van der Waals surface area contributed by atoms with Crippen LogP contribution in [-0.4, -0.2) is 50.1 Å². The highest BCUT2D eigenvalue weighted by atomic mass is 16.4. The number of piperidine rings is 1. The highest BCUT2D eigenvalue weighted by Crippen LogP contribution is 2.21. The molecule has 1 aromatic rings. The molecule has 1 fully saturated rings. The summed E-state index contributed by atoms with van der Waals surface area (Å²) in [5, 5.41) is 22.0. The van der Waals surface area contributed by atoms with Gasteiger partial charge in [0.15, 0.2) is 5.69 Å².